The number of fused-ring (bicyclic) bond motifs is 1. The molecule has 1 aromatic carbocycles. The fraction of sp³-hybridized carbons (Fsp3) is 0.550. The molecular weight excluding hydrogens is 284 g/mol. The molecule has 1 aromatic heterocycles. The van der Waals surface area contributed by atoms with Crippen LogP contribution in [-0.4, -0.2) is 28.7 Å². The Balaban J connectivity index is 1.95. The van der Waals surface area contributed by atoms with Crippen molar-refractivity contribution in [3.8, 4) is 11.3 Å². The molecule has 0 amide bonds. The first-order chi connectivity index (χ1) is 11.2. The Morgan fingerprint density at radius 1 is 1.17 bits per heavy atom. The average molecular weight is 312 g/mol. The van der Waals surface area contributed by atoms with E-state index in [0.717, 1.165) is 18.5 Å². The van der Waals surface area contributed by atoms with Crippen LogP contribution in [0.25, 0.3) is 11.3 Å². The molecule has 1 atom stereocenters. The van der Waals surface area contributed by atoms with Crippen LogP contribution in [0.3, 0.4) is 0 Å². The molecule has 124 valence electrons. The standard InChI is InChI=1S/C20H28N2O/c1-4-12-22(13-5-2)20(3)11-9-16-7-6-8-17(18(16)15-20)19-10-14-23-21-19/h6-8,10,14H,4-5,9,11-13,15H2,1-3H3/t20-/m1/s1. The monoisotopic (exact) mass is 312 g/mol. The molecule has 0 N–H and O–H groups in total. The first-order valence-electron chi connectivity index (χ1n) is 8.94. The number of aryl methyl sites for hydroxylation is 1. The maximum absolute atomic E-state index is 5.08. The molecule has 0 unspecified atom stereocenters. The van der Waals surface area contributed by atoms with Gasteiger partial charge in [0.2, 0.25) is 0 Å². The van der Waals surface area contributed by atoms with E-state index in [9.17, 15) is 0 Å². The highest BCUT2D eigenvalue weighted by atomic mass is 16.5. The summed E-state index contributed by atoms with van der Waals surface area (Å²) in [6.45, 7) is 9.38. The van der Waals surface area contributed by atoms with Gasteiger partial charge in [-0.05, 0) is 63.2 Å². The van der Waals surface area contributed by atoms with E-state index in [2.05, 4.69) is 49.0 Å². The van der Waals surface area contributed by atoms with Gasteiger partial charge in [0, 0.05) is 17.2 Å². The van der Waals surface area contributed by atoms with Crippen LogP contribution in [0.1, 0.15) is 51.2 Å². The molecule has 0 spiro atoms. The number of benzene rings is 1. The van der Waals surface area contributed by atoms with Crippen LogP contribution in [0.2, 0.25) is 0 Å². The van der Waals surface area contributed by atoms with Crippen molar-refractivity contribution in [1.82, 2.24) is 10.1 Å². The Morgan fingerprint density at radius 2 is 1.96 bits per heavy atom. The summed E-state index contributed by atoms with van der Waals surface area (Å²) in [4.78, 5) is 2.70. The minimum absolute atomic E-state index is 0.249. The average Bonchev–Trinajstić information content (AvgIpc) is 3.08. The molecule has 0 bridgehead atoms. The first-order valence-corrected chi connectivity index (χ1v) is 8.94. The second-order valence-corrected chi connectivity index (χ2v) is 6.99. The number of hydrogen-bond acceptors (Lipinski definition) is 3. The van der Waals surface area contributed by atoms with Crippen molar-refractivity contribution in [2.24, 2.45) is 0 Å². The minimum Gasteiger partial charge on any atom is -0.364 e. The normalized spacial score (nSPS) is 20.7. The number of nitrogens with zero attached hydrogens (tertiary/aromatic N) is 2. The smallest absolute Gasteiger partial charge is 0.124 e. The molecule has 1 heterocycles. The fourth-order valence-corrected chi connectivity index (χ4v) is 4.00. The van der Waals surface area contributed by atoms with Crippen molar-refractivity contribution in [2.75, 3.05) is 13.1 Å². The van der Waals surface area contributed by atoms with E-state index in [0.29, 0.717) is 0 Å². The summed E-state index contributed by atoms with van der Waals surface area (Å²) in [7, 11) is 0. The summed E-state index contributed by atoms with van der Waals surface area (Å²) < 4.78 is 5.08. The topological polar surface area (TPSA) is 29.3 Å². The van der Waals surface area contributed by atoms with Gasteiger partial charge >= 0.3 is 0 Å². The Morgan fingerprint density at radius 3 is 2.61 bits per heavy atom. The maximum Gasteiger partial charge on any atom is 0.124 e. The SMILES string of the molecule is CCCN(CCC)[C@]1(C)CCc2cccc(-c3ccon3)c2C1. The van der Waals surface area contributed by atoms with Crippen molar-refractivity contribution in [1.29, 1.82) is 0 Å². The van der Waals surface area contributed by atoms with E-state index in [-0.39, 0.29) is 5.54 Å². The fourth-order valence-electron chi connectivity index (χ4n) is 4.00. The van der Waals surface area contributed by atoms with Crippen molar-refractivity contribution >= 4 is 0 Å². The molecule has 0 saturated carbocycles. The van der Waals surface area contributed by atoms with Crippen LogP contribution >= 0.6 is 0 Å². The second kappa shape index (κ2) is 6.88. The number of hydrogen-bond donors (Lipinski definition) is 0. The molecule has 2 aromatic rings. The van der Waals surface area contributed by atoms with Gasteiger partial charge in [0.15, 0.2) is 0 Å². The molecule has 0 aliphatic heterocycles. The summed E-state index contributed by atoms with van der Waals surface area (Å²) in [5.41, 5.74) is 5.40. The Kier molecular flexibility index (Phi) is 4.86. The molecule has 1 aliphatic rings. The van der Waals surface area contributed by atoms with Gasteiger partial charge in [0.1, 0.15) is 12.0 Å². The molecule has 1 aliphatic carbocycles. The van der Waals surface area contributed by atoms with Crippen LogP contribution in [0, 0.1) is 0 Å². The summed E-state index contributed by atoms with van der Waals surface area (Å²) in [5.74, 6) is 0. The summed E-state index contributed by atoms with van der Waals surface area (Å²) >= 11 is 0. The molecule has 0 saturated heterocycles. The van der Waals surface area contributed by atoms with E-state index >= 15 is 0 Å². The highest BCUT2D eigenvalue weighted by Crippen LogP contribution is 2.38. The largest absolute Gasteiger partial charge is 0.364 e. The Bertz CT molecular complexity index is 629. The third-order valence-electron chi connectivity index (χ3n) is 5.23. The van der Waals surface area contributed by atoms with E-state index in [4.69, 9.17) is 4.52 Å². The van der Waals surface area contributed by atoms with Gasteiger partial charge in [-0.3, -0.25) is 4.90 Å². The Labute approximate surface area is 139 Å². The van der Waals surface area contributed by atoms with E-state index in [1.54, 1.807) is 6.26 Å². The zero-order valence-corrected chi connectivity index (χ0v) is 14.6. The van der Waals surface area contributed by atoms with Crippen molar-refractivity contribution < 1.29 is 4.52 Å². The highest BCUT2D eigenvalue weighted by molar-refractivity contribution is 5.65. The van der Waals surface area contributed by atoms with Crippen molar-refractivity contribution in [3.05, 3.63) is 41.7 Å². The van der Waals surface area contributed by atoms with Gasteiger partial charge < -0.3 is 4.52 Å². The molecule has 3 rings (SSSR count). The van der Waals surface area contributed by atoms with Gasteiger partial charge in [0.25, 0.3) is 0 Å². The highest BCUT2D eigenvalue weighted by Gasteiger charge is 2.35. The lowest BCUT2D eigenvalue weighted by Crippen LogP contribution is -2.50. The number of aromatic nitrogens is 1. The van der Waals surface area contributed by atoms with Crippen molar-refractivity contribution in [2.45, 2.75) is 58.4 Å². The summed E-state index contributed by atoms with van der Waals surface area (Å²) in [5, 5.41) is 4.17. The van der Waals surface area contributed by atoms with E-state index in [1.807, 2.05) is 6.07 Å². The lowest BCUT2D eigenvalue weighted by atomic mass is 9.76. The second-order valence-electron chi connectivity index (χ2n) is 6.99. The predicted octanol–water partition coefficient (Wildman–Crippen LogP) is 4.71. The quantitative estimate of drug-likeness (QED) is 0.773. The number of rotatable bonds is 6. The molecule has 0 radical (unpaired) electrons. The molecule has 23 heavy (non-hydrogen) atoms. The van der Waals surface area contributed by atoms with Crippen LogP contribution in [0.4, 0.5) is 0 Å². The molecule has 3 heteroatoms. The van der Waals surface area contributed by atoms with Gasteiger partial charge in [-0.25, -0.2) is 0 Å². The van der Waals surface area contributed by atoms with Gasteiger partial charge in [-0.2, -0.15) is 0 Å². The Hall–Kier alpha value is -1.61. The van der Waals surface area contributed by atoms with E-state index in [1.165, 1.54) is 49.0 Å². The zero-order chi connectivity index (χ0) is 16.3. The predicted molar refractivity (Wildman–Crippen MR) is 94.5 cm³/mol. The van der Waals surface area contributed by atoms with Crippen LogP contribution in [-0.2, 0) is 12.8 Å². The minimum atomic E-state index is 0.249. The van der Waals surface area contributed by atoms with Gasteiger partial charge in [-0.1, -0.05) is 37.2 Å². The molecule has 3 nitrogen and oxygen atoms in total. The third kappa shape index (κ3) is 3.20. The maximum atomic E-state index is 5.08. The molecule has 0 fully saturated rings. The van der Waals surface area contributed by atoms with Crippen molar-refractivity contribution in [3.63, 3.8) is 0 Å². The van der Waals surface area contributed by atoms with Gasteiger partial charge in [-0.15, -0.1) is 0 Å². The lowest BCUT2D eigenvalue weighted by Gasteiger charge is -2.45. The van der Waals surface area contributed by atoms with Crippen LogP contribution in [0.15, 0.2) is 35.1 Å². The summed E-state index contributed by atoms with van der Waals surface area (Å²) in [6, 6.07) is 8.59. The third-order valence-corrected chi connectivity index (χ3v) is 5.23. The summed E-state index contributed by atoms with van der Waals surface area (Å²) in [6.07, 6.45) is 7.59. The van der Waals surface area contributed by atoms with E-state index < -0.39 is 0 Å². The first kappa shape index (κ1) is 16.3. The van der Waals surface area contributed by atoms with Crippen LogP contribution < -0.4 is 0 Å². The zero-order valence-electron chi connectivity index (χ0n) is 14.6. The lowest BCUT2D eigenvalue weighted by molar-refractivity contribution is 0.0885. The van der Waals surface area contributed by atoms with Crippen LogP contribution in [0.5, 0.6) is 0 Å². The van der Waals surface area contributed by atoms with Gasteiger partial charge in [0.05, 0.1) is 0 Å². The molecular formula is C20H28N2O.